The second kappa shape index (κ2) is 37.6. The van der Waals surface area contributed by atoms with Gasteiger partial charge >= 0.3 is 18.9 Å². The van der Waals surface area contributed by atoms with Gasteiger partial charge in [0, 0.05) is 125 Å². The van der Waals surface area contributed by atoms with E-state index in [1.54, 1.807) is 72.8 Å². The first kappa shape index (κ1) is 74.9. The molecule has 11 heteroatoms. The Bertz CT molecular complexity index is 2600. The summed E-state index contributed by atoms with van der Waals surface area (Å²) >= 11 is 3.23. The number of fused-ring (bicyclic) bond motifs is 3. The number of aromatic hydroxyl groups is 5. The zero-order valence-corrected chi connectivity index (χ0v) is 55.5. The number of carbonyl (C=O) groups is 1. The van der Waals surface area contributed by atoms with Crippen LogP contribution in [0.3, 0.4) is 0 Å². The molecule has 8 aromatic rings. The molecule has 3 aliphatic carbocycles. The Labute approximate surface area is 551 Å². The summed E-state index contributed by atoms with van der Waals surface area (Å²) in [6.07, 6.45) is 2.51. The molecule has 8 aromatic carbocycles. The topological polar surface area (TPSA) is 118 Å². The monoisotopic (exact) mass is 1300 g/mol. The Hall–Kier alpha value is -3.18. The maximum atomic E-state index is 10.7. The van der Waals surface area contributed by atoms with Crippen molar-refractivity contribution < 1.29 is 147 Å². The van der Waals surface area contributed by atoms with Gasteiger partial charge in [0.1, 0.15) is 28.7 Å². The third-order valence-electron chi connectivity index (χ3n) is 11.8. The van der Waals surface area contributed by atoms with E-state index in [0.29, 0.717) is 12.2 Å². The van der Waals surface area contributed by atoms with Crippen LogP contribution in [0.15, 0.2) is 199 Å². The molecule has 0 aliphatic heterocycles. The van der Waals surface area contributed by atoms with Gasteiger partial charge in [-0.3, -0.25) is 4.79 Å². The smallest absolute Gasteiger partial charge is 0.508 e. The molecule has 387 valence electrons. The molecule has 0 saturated heterocycles. The second-order valence-electron chi connectivity index (χ2n) is 16.9. The van der Waals surface area contributed by atoms with Crippen molar-refractivity contribution in [1.29, 1.82) is 0 Å². The first-order chi connectivity index (χ1) is 34.3. The van der Waals surface area contributed by atoms with E-state index in [4.69, 9.17) is 5.11 Å². The van der Waals surface area contributed by atoms with Gasteiger partial charge in [-0.25, -0.2) is 0 Å². The molecule has 76 heavy (non-hydrogen) atoms. The summed E-state index contributed by atoms with van der Waals surface area (Å²) in [5, 5.41) is 47.1. The van der Waals surface area contributed by atoms with E-state index < -0.39 is 0 Å². The summed E-state index contributed by atoms with van der Waals surface area (Å²) in [5.74, 6) is 3.10. The summed E-state index contributed by atoms with van der Waals surface area (Å²) in [6.45, 7) is 18.2. The van der Waals surface area contributed by atoms with Gasteiger partial charge in [0.2, 0.25) is 0 Å². The molecule has 6 nitrogen and oxygen atoms in total. The van der Waals surface area contributed by atoms with Crippen LogP contribution in [-0.4, -0.2) is 31.3 Å². The third-order valence-corrected chi connectivity index (χ3v) is 12.3. The standard InChI is InChI=1S/2C20H16O2.C8H6O.C6H5BrO.C4H9.3C2H6.CH4.Li.3Y/c2*21-17-9-5-15(6-10-17)20(16-7-11-18(22)12-8-16)13-14-3-1-2-4-19(14)20;9-8-5-6-3-1-2-4-7(6)8;7-5-1-3-6(8)4-2-5;1-4(2)3;3*1-2;;;;;/h2*1-12,21-22H,13H2;1-4H,5H2;1-4,8H;1-3H3;3*1-2H3;1H4;;;;/q;;;;-1;;;;;+1;;;. The number of halogens is 1. The Morgan fingerprint density at radius 2 is 0.632 bits per heavy atom. The molecule has 0 amide bonds. The molecule has 11 rings (SSSR count). The maximum absolute atomic E-state index is 10.7. The molecule has 5 N–H and O–H groups in total. The normalized spacial score (nSPS) is 12.0. The quantitative estimate of drug-likeness (QED) is 0.0885. The zero-order chi connectivity index (χ0) is 52.1. The molecule has 0 bridgehead atoms. The number of benzene rings is 8. The van der Waals surface area contributed by atoms with Gasteiger partial charge in [-0.1, -0.05) is 186 Å². The van der Waals surface area contributed by atoms with Crippen molar-refractivity contribution in [1.82, 2.24) is 0 Å². The van der Waals surface area contributed by atoms with E-state index in [1.165, 1.54) is 33.7 Å². The molecule has 0 fully saturated rings. The molecule has 3 radical (unpaired) electrons. The predicted molar refractivity (Wildman–Crippen MR) is 304 cm³/mol. The van der Waals surface area contributed by atoms with Gasteiger partial charge in [-0.05, 0) is 136 Å². The average Bonchev–Trinajstić information content (AvgIpc) is 3.37. The minimum absolute atomic E-state index is 0. The molecule has 0 heterocycles. The van der Waals surface area contributed by atoms with Crippen molar-refractivity contribution in [3.63, 3.8) is 0 Å². The van der Waals surface area contributed by atoms with Crippen molar-refractivity contribution in [3.8, 4) is 28.7 Å². The van der Waals surface area contributed by atoms with Crippen LogP contribution in [0.4, 0.5) is 0 Å². The Balaban J connectivity index is 0. The summed E-state index contributed by atoms with van der Waals surface area (Å²) in [6, 6.07) is 61.2. The zero-order valence-electron chi connectivity index (χ0n) is 45.4. The van der Waals surface area contributed by atoms with Gasteiger partial charge in [0.05, 0.1) is 0 Å². The van der Waals surface area contributed by atoms with Gasteiger partial charge in [-0.2, -0.15) is 20.8 Å². The Morgan fingerprint density at radius 3 is 0.855 bits per heavy atom. The maximum Gasteiger partial charge on any atom is 1.00 e. The summed E-state index contributed by atoms with van der Waals surface area (Å²) in [5.41, 5.74) is 11.7. The van der Waals surface area contributed by atoms with Crippen LogP contribution in [0, 0.1) is 5.92 Å². The van der Waals surface area contributed by atoms with Gasteiger partial charge in [0.15, 0.2) is 5.78 Å². The van der Waals surface area contributed by atoms with Crippen molar-refractivity contribution in [2.45, 2.75) is 99.8 Å². The van der Waals surface area contributed by atoms with Crippen molar-refractivity contribution >= 4 is 21.7 Å². The number of rotatable bonds is 4. The van der Waals surface area contributed by atoms with Crippen LogP contribution in [-0.2, 0) is 128 Å². The summed E-state index contributed by atoms with van der Waals surface area (Å²) in [7, 11) is 0. The average molecular weight is 1300 g/mol. The second-order valence-corrected chi connectivity index (χ2v) is 17.8. The molecule has 0 unspecified atom stereocenters. The van der Waals surface area contributed by atoms with E-state index >= 15 is 0 Å². The molecule has 0 atom stereocenters. The van der Waals surface area contributed by atoms with Crippen LogP contribution in [0.2, 0.25) is 0 Å². The minimum Gasteiger partial charge on any atom is -0.508 e. The molecule has 0 saturated carbocycles. The van der Waals surface area contributed by atoms with Gasteiger partial charge in [-0.15, -0.1) is 0 Å². The van der Waals surface area contributed by atoms with Crippen LogP contribution < -0.4 is 18.9 Å². The van der Waals surface area contributed by atoms with E-state index in [2.05, 4.69) is 85.2 Å². The number of hydrogen-bond donors (Lipinski definition) is 5. The molecular weight excluding hydrogens is 1230 g/mol. The van der Waals surface area contributed by atoms with Gasteiger partial charge < -0.3 is 31.5 Å². The van der Waals surface area contributed by atoms with Crippen LogP contribution in [0.5, 0.6) is 28.7 Å². The van der Waals surface area contributed by atoms with Crippen molar-refractivity contribution in [2.24, 2.45) is 0 Å². The largest absolute Gasteiger partial charge is 1.00 e. The number of hydrogen-bond acceptors (Lipinski definition) is 6. The third kappa shape index (κ3) is 19.3. The number of carbonyl (C=O) groups excluding carboxylic acids is 1. The number of Topliss-reactive ketones (excluding diaryl/α,β-unsaturated/α-hetero) is 1. The van der Waals surface area contributed by atoms with Crippen molar-refractivity contribution in [2.75, 3.05) is 0 Å². The Kier molecular flexibility index (Phi) is 37.1. The molecule has 0 aromatic heterocycles. The number of ketones is 1. The SMILES string of the molecule is C.CC.CC.CC.C[C-](C)C.O=C1Cc2ccccc21.Oc1ccc(Br)cc1.Oc1ccc(C2(c3ccc(O)cc3)Cc3ccccc32)cc1.Oc1ccc(C2(c3ccc(O)cc3)Cc3ccccc32)cc1.[Li+].[Y].[Y].[Y]. The van der Waals surface area contributed by atoms with Crippen molar-refractivity contribution in [3.05, 3.63) is 260 Å². The van der Waals surface area contributed by atoms with E-state index in [1.807, 2.05) is 114 Å². The number of phenolic OH excluding ortho intramolecular Hbond substituents is 5. The van der Waals surface area contributed by atoms with E-state index in [-0.39, 0.29) is 164 Å². The minimum atomic E-state index is -0.196. The van der Waals surface area contributed by atoms with Gasteiger partial charge in [0.25, 0.3) is 0 Å². The van der Waals surface area contributed by atoms with E-state index in [0.717, 1.165) is 45.1 Å². The van der Waals surface area contributed by atoms with Crippen LogP contribution in [0.25, 0.3) is 0 Å². The van der Waals surface area contributed by atoms with Crippen LogP contribution >= 0.6 is 15.9 Å². The molecule has 0 spiro atoms. The predicted octanol–water partition coefficient (Wildman–Crippen LogP) is 13.9. The fourth-order valence-corrected chi connectivity index (χ4v) is 8.89. The fraction of sp³-hybridized carbons (Fsp3) is 0.231. The first-order valence-electron chi connectivity index (χ1n) is 24.5. The first-order valence-corrected chi connectivity index (χ1v) is 25.3. The number of phenols is 5. The summed E-state index contributed by atoms with van der Waals surface area (Å²) < 4.78 is 0.982. The van der Waals surface area contributed by atoms with Crippen LogP contribution in [0.1, 0.15) is 130 Å². The fourth-order valence-electron chi connectivity index (χ4n) is 8.63. The molecule has 3 aliphatic rings. The van der Waals surface area contributed by atoms with E-state index in [9.17, 15) is 25.2 Å². The summed E-state index contributed by atoms with van der Waals surface area (Å²) in [4.78, 5) is 10.7. The molecular formula is C65H74BrLiO6Y3. The Morgan fingerprint density at radius 1 is 0.395 bits per heavy atom.